The third-order valence-electron chi connectivity index (χ3n) is 2.35. The van der Waals surface area contributed by atoms with E-state index >= 15 is 0 Å². The van der Waals surface area contributed by atoms with Crippen LogP contribution in [-0.2, 0) is 4.79 Å². The lowest BCUT2D eigenvalue weighted by Crippen LogP contribution is -2.54. The lowest BCUT2D eigenvalue weighted by Gasteiger charge is -2.36. The number of carbonyl (C=O) groups is 2. The monoisotopic (exact) mass is 241 g/mol. The predicted octanol–water partition coefficient (Wildman–Crippen LogP) is 1.000. The average molecular weight is 241 g/mol. The molecule has 0 spiro atoms. The van der Waals surface area contributed by atoms with Gasteiger partial charge in [-0.1, -0.05) is 0 Å². The number of hydrogen-bond acceptors (Lipinski definition) is 4. The molecule has 7 heteroatoms. The molecule has 2 heterocycles. The smallest absolute Gasteiger partial charge is 0.323 e. The minimum atomic E-state index is -0.853. The van der Waals surface area contributed by atoms with Crippen LogP contribution in [0.2, 0.25) is 0 Å². The zero-order chi connectivity index (χ0) is 11.7. The summed E-state index contributed by atoms with van der Waals surface area (Å²) in [5, 5.41) is 13.7. The topological polar surface area (TPSA) is 82.5 Å². The Labute approximate surface area is 95.9 Å². The summed E-state index contributed by atoms with van der Waals surface area (Å²) in [7, 11) is 0. The number of thiazole rings is 1. The molecule has 6 nitrogen and oxygen atoms in total. The van der Waals surface area contributed by atoms with Gasteiger partial charge in [-0.3, -0.25) is 10.1 Å². The second-order valence-corrected chi connectivity index (χ2v) is 4.52. The molecule has 0 aromatic carbocycles. The molecule has 0 atom stereocenters. The van der Waals surface area contributed by atoms with Gasteiger partial charge in [-0.25, -0.2) is 9.78 Å². The number of carboxylic acids is 1. The molecule has 0 aliphatic carbocycles. The number of nitrogens with zero attached hydrogens (tertiary/aromatic N) is 2. The summed E-state index contributed by atoms with van der Waals surface area (Å²) in [6, 6.07) is -0.285. The van der Waals surface area contributed by atoms with Gasteiger partial charge in [0.05, 0.1) is 11.6 Å². The fraction of sp³-hybridized carbons (Fsp3) is 0.444. The van der Waals surface area contributed by atoms with E-state index in [2.05, 4.69) is 10.3 Å². The number of anilines is 1. The van der Waals surface area contributed by atoms with Crippen LogP contribution < -0.4 is 5.32 Å². The number of hydrogen-bond donors (Lipinski definition) is 2. The number of carbonyl (C=O) groups excluding carboxylic acids is 1. The van der Waals surface area contributed by atoms with E-state index in [1.54, 1.807) is 0 Å². The van der Waals surface area contributed by atoms with Crippen molar-refractivity contribution in [3.8, 4) is 0 Å². The van der Waals surface area contributed by atoms with Crippen LogP contribution in [0.5, 0.6) is 0 Å². The molecular weight excluding hydrogens is 230 g/mol. The van der Waals surface area contributed by atoms with E-state index in [4.69, 9.17) is 5.11 Å². The maximum absolute atomic E-state index is 11.6. The van der Waals surface area contributed by atoms with Gasteiger partial charge in [0.2, 0.25) is 0 Å². The second kappa shape index (κ2) is 4.09. The van der Waals surface area contributed by atoms with E-state index in [0.717, 1.165) is 5.69 Å². The van der Waals surface area contributed by atoms with Crippen molar-refractivity contribution >= 4 is 28.5 Å². The van der Waals surface area contributed by atoms with Crippen molar-refractivity contribution in [2.45, 2.75) is 6.92 Å². The van der Waals surface area contributed by atoms with Gasteiger partial charge in [-0.05, 0) is 6.92 Å². The van der Waals surface area contributed by atoms with E-state index in [0.29, 0.717) is 5.13 Å². The fourth-order valence-corrected chi connectivity index (χ4v) is 2.06. The SMILES string of the molecule is Cc1csc(NC(=O)N2CC(C(=O)O)C2)n1. The van der Waals surface area contributed by atoms with Gasteiger partial charge < -0.3 is 10.0 Å². The van der Waals surface area contributed by atoms with E-state index in [1.807, 2.05) is 12.3 Å². The summed E-state index contributed by atoms with van der Waals surface area (Å²) in [6.45, 7) is 2.38. The third-order valence-corrected chi connectivity index (χ3v) is 3.23. The highest BCUT2D eigenvalue weighted by molar-refractivity contribution is 7.13. The first-order chi connectivity index (χ1) is 7.56. The average Bonchev–Trinajstić information content (AvgIpc) is 2.47. The standard InChI is InChI=1S/C9H11N3O3S/c1-5-4-16-8(10-5)11-9(15)12-2-6(3-12)7(13)14/h4,6H,2-3H2,1H3,(H,13,14)(H,10,11,15). The van der Waals surface area contributed by atoms with Crippen LogP contribution in [-0.4, -0.2) is 40.1 Å². The van der Waals surface area contributed by atoms with Crippen LogP contribution in [0.4, 0.5) is 9.93 Å². The molecule has 1 aromatic heterocycles. The number of carboxylic acid groups (broad SMARTS) is 1. The lowest BCUT2D eigenvalue weighted by molar-refractivity contribution is -0.145. The summed E-state index contributed by atoms with van der Waals surface area (Å²) in [5.41, 5.74) is 0.854. The maximum atomic E-state index is 11.6. The second-order valence-electron chi connectivity index (χ2n) is 3.66. The fourth-order valence-electron chi connectivity index (χ4n) is 1.38. The van der Waals surface area contributed by atoms with Gasteiger partial charge in [0.25, 0.3) is 0 Å². The van der Waals surface area contributed by atoms with Crippen molar-refractivity contribution in [3.63, 3.8) is 0 Å². The first-order valence-electron chi connectivity index (χ1n) is 4.77. The quantitative estimate of drug-likeness (QED) is 0.809. The molecule has 1 aliphatic rings. The van der Waals surface area contributed by atoms with E-state index in [1.165, 1.54) is 16.2 Å². The molecule has 2 N–H and O–H groups in total. The van der Waals surface area contributed by atoms with Crippen molar-refractivity contribution in [3.05, 3.63) is 11.1 Å². The molecule has 16 heavy (non-hydrogen) atoms. The molecule has 1 fully saturated rings. The summed E-state index contributed by atoms with van der Waals surface area (Å²) in [6.07, 6.45) is 0. The van der Waals surface area contributed by atoms with Crippen LogP contribution in [0.3, 0.4) is 0 Å². The molecule has 1 aliphatic heterocycles. The summed E-state index contributed by atoms with van der Waals surface area (Å²) >= 11 is 1.35. The van der Waals surface area contributed by atoms with Crippen LogP contribution in [0, 0.1) is 12.8 Å². The molecule has 0 radical (unpaired) electrons. The van der Waals surface area contributed by atoms with Crippen LogP contribution in [0.15, 0.2) is 5.38 Å². The minimum absolute atomic E-state index is 0.269. The maximum Gasteiger partial charge on any atom is 0.323 e. The van der Waals surface area contributed by atoms with Gasteiger partial charge >= 0.3 is 12.0 Å². The van der Waals surface area contributed by atoms with E-state index < -0.39 is 11.9 Å². The Balaban J connectivity index is 1.84. The number of amides is 2. The summed E-state index contributed by atoms with van der Waals surface area (Å²) in [4.78, 5) is 27.6. The van der Waals surface area contributed by atoms with Crippen molar-refractivity contribution in [1.29, 1.82) is 0 Å². The molecule has 1 saturated heterocycles. The van der Waals surface area contributed by atoms with E-state index in [9.17, 15) is 9.59 Å². The van der Waals surface area contributed by atoms with Crippen molar-refractivity contribution in [1.82, 2.24) is 9.88 Å². The molecule has 2 rings (SSSR count). The number of rotatable bonds is 2. The largest absolute Gasteiger partial charge is 0.481 e. The zero-order valence-corrected chi connectivity index (χ0v) is 9.45. The highest BCUT2D eigenvalue weighted by Crippen LogP contribution is 2.19. The Hall–Kier alpha value is -1.63. The third kappa shape index (κ3) is 2.13. The van der Waals surface area contributed by atoms with Gasteiger partial charge in [0, 0.05) is 18.5 Å². The van der Waals surface area contributed by atoms with Crippen LogP contribution in [0.1, 0.15) is 5.69 Å². The molecule has 2 amide bonds. The number of urea groups is 1. The highest BCUT2D eigenvalue weighted by Gasteiger charge is 2.35. The van der Waals surface area contributed by atoms with E-state index in [-0.39, 0.29) is 19.1 Å². The Morgan fingerprint density at radius 3 is 2.81 bits per heavy atom. The Morgan fingerprint density at radius 1 is 1.62 bits per heavy atom. The Morgan fingerprint density at radius 2 is 2.31 bits per heavy atom. The zero-order valence-electron chi connectivity index (χ0n) is 8.64. The number of likely N-dealkylation sites (tertiary alicyclic amines) is 1. The Bertz CT molecular complexity index is 425. The molecular formula is C9H11N3O3S. The van der Waals surface area contributed by atoms with Crippen LogP contribution in [0.25, 0.3) is 0 Å². The lowest BCUT2D eigenvalue weighted by atomic mass is 10.0. The minimum Gasteiger partial charge on any atom is -0.481 e. The number of aliphatic carboxylic acids is 1. The van der Waals surface area contributed by atoms with Gasteiger partial charge in [-0.2, -0.15) is 0 Å². The van der Waals surface area contributed by atoms with Gasteiger partial charge in [0.1, 0.15) is 0 Å². The number of nitrogens with one attached hydrogen (secondary N) is 1. The molecule has 0 saturated carbocycles. The first-order valence-corrected chi connectivity index (χ1v) is 5.65. The molecule has 1 aromatic rings. The van der Waals surface area contributed by atoms with Crippen molar-refractivity contribution < 1.29 is 14.7 Å². The number of aryl methyl sites for hydroxylation is 1. The highest BCUT2D eigenvalue weighted by atomic mass is 32.1. The summed E-state index contributed by atoms with van der Waals surface area (Å²) in [5.74, 6) is -1.28. The number of aromatic nitrogens is 1. The van der Waals surface area contributed by atoms with Gasteiger partial charge in [-0.15, -0.1) is 11.3 Å². The van der Waals surface area contributed by atoms with Crippen molar-refractivity contribution in [2.24, 2.45) is 5.92 Å². The molecule has 0 unspecified atom stereocenters. The normalized spacial score (nSPS) is 15.7. The van der Waals surface area contributed by atoms with Gasteiger partial charge in [0.15, 0.2) is 5.13 Å². The van der Waals surface area contributed by atoms with Crippen molar-refractivity contribution in [2.75, 3.05) is 18.4 Å². The summed E-state index contributed by atoms with van der Waals surface area (Å²) < 4.78 is 0. The molecule has 0 bridgehead atoms. The molecule has 86 valence electrons. The van der Waals surface area contributed by atoms with Crippen LogP contribution >= 0.6 is 11.3 Å². The predicted molar refractivity (Wildman–Crippen MR) is 58.6 cm³/mol. The Kier molecular flexibility index (Phi) is 2.78. The first kappa shape index (κ1) is 10.9.